The normalized spacial score (nSPS) is 27.6. The molecule has 1 heterocycles. The lowest BCUT2D eigenvalue weighted by Crippen LogP contribution is -3.11. The van der Waals surface area contributed by atoms with Crippen LogP contribution >= 0.6 is 0 Å². The number of hydrogen-bond donors (Lipinski definition) is 3. The maximum Gasteiger partial charge on any atom is 0.230 e. The van der Waals surface area contributed by atoms with E-state index in [1.165, 1.54) is 13.1 Å². The molecule has 1 aliphatic rings. The van der Waals surface area contributed by atoms with Crippen LogP contribution in [0.25, 0.3) is 0 Å². The van der Waals surface area contributed by atoms with Crippen LogP contribution in [0.5, 0.6) is 0 Å². The fourth-order valence-electron chi connectivity index (χ4n) is 0.808. The third-order valence-electron chi connectivity index (χ3n) is 1.41. The highest BCUT2D eigenvalue weighted by molar-refractivity contribution is 5.92. The van der Waals surface area contributed by atoms with Crippen LogP contribution in [0.4, 0.5) is 0 Å². The maximum absolute atomic E-state index is 11.0. The van der Waals surface area contributed by atoms with Crippen LogP contribution in [-0.2, 0) is 0 Å². The Hall–Kier alpha value is -1.11. The molecule has 0 aromatic carbocycles. The summed E-state index contributed by atoms with van der Waals surface area (Å²) in [6.07, 6.45) is 1.47. The largest absolute Gasteiger partial charge is 0.600 e. The summed E-state index contributed by atoms with van der Waals surface area (Å²) in [7, 11) is 3.11. The number of hydrogen-bond acceptors (Lipinski definition) is 4. The van der Waals surface area contributed by atoms with Crippen LogP contribution in [0.2, 0.25) is 0 Å². The Morgan fingerprint density at radius 2 is 2.45 bits per heavy atom. The molecule has 0 spiro atoms. The van der Waals surface area contributed by atoms with E-state index >= 15 is 0 Å². The number of amidine groups is 1. The fourth-order valence-corrected chi connectivity index (χ4v) is 0.808. The first-order valence-corrected chi connectivity index (χ1v) is 3.10. The summed E-state index contributed by atoms with van der Waals surface area (Å²) in [5.74, 6) is 0.590. The van der Waals surface area contributed by atoms with Crippen molar-refractivity contribution >= 4 is 5.84 Å². The van der Waals surface area contributed by atoms with Crippen molar-refractivity contribution in [2.75, 3.05) is 14.1 Å². The van der Waals surface area contributed by atoms with Crippen molar-refractivity contribution in [3.05, 3.63) is 17.1 Å². The molecule has 0 saturated carbocycles. The zero-order valence-corrected chi connectivity index (χ0v) is 6.33. The van der Waals surface area contributed by atoms with Gasteiger partial charge in [-0.1, -0.05) is 5.17 Å². The molecule has 0 amide bonds. The van der Waals surface area contributed by atoms with Crippen LogP contribution in [0.15, 0.2) is 16.9 Å². The van der Waals surface area contributed by atoms with Gasteiger partial charge in [0, 0.05) is 14.1 Å². The summed E-state index contributed by atoms with van der Waals surface area (Å²) in [5, 5.41) is 22.7. The van der Waals surface area contributed by atoms with Crippen molar-refractivity contribution in [2.45, 2.75) is 0 Å². The predicted octanol–water partition coefficient (Wildman–Crippen LogP) is -1.92. The average Bonchev–Trinajstić information content (AvgIpc) is 2.30. The third kappa shape index (κ3) is 1.18. The minimum absolute atomic E-state index is 0.249. The Morgan fingerprint density at radius 1 is 1.82 bits per heavy atom. The second-order valence-electron chi connectivity index (χ2n) is 2.01. The third-order valence-corrected chi connectivity index (χ3v) is 1.41. The van der Waals surface area contributed by atoms with Crippen LogP contribution in [0.3, 0.4) is 0 Å². The van der Waals surface area contributed by atoms with Crippen molar-refractivity contribution < 1.29 is 10.4 Å². The zero-order valence-electron chi connectivity index (χ0n) is 6.33. The minimum Gasteiger partial charge on any atom is -0.600 e. The lowest BCUT2D eigenvalue weighted by molar-refractivity contribution is -0.959. The molecule has 0 radical (unpaired) electrons. The van der Waals surface area contributed by atoms with Crippen LogP contribution in [-0.4, -0.2) is 30.3 Å². The molecule has 6 nitrogen and oxygen atoms in total. The molecule has 0 aliphatic carbocycles. The molecular formula is C5H10N4O2. The van der Waals surface area contributed by atoms with Crippen LogP contribution in [0.1, 0.15) is 0 Å². The van der Waals surface area contributed by atoms with Gasteiger partial charge in [-0.3, -0.25) is 4.99 Å². The molecule has 3 N–H and O–H groups in total. The zero-order chi connectivity index (χ0) is 8.43. The van der Waals surface area contributed by atoms with Gasteiger partial charge in [0.25, 0.3) is 0 Å². The van der Waals surface area contributed by atoms with Crippen LogP contribution in [0, 0.1) is 5.21 Å². The van der Waals surface area contributed by atoms with Gasteiger partial charge in [0.2, 0.25) is 11.7 Å². The van der Waals surface area contributed by atoms with Gasteiger partial charge in [-0.2, -0.15) is 5.17 Å². The highest BCUT2D eigenvalue weighted by Gasteiger charge is 2.25. The first-order valence-electron chi connectivity index (χ1n) is 3.10. The number of rotatable bonds is 1. The van der Waals surface area contributed by atoms with Gasteiger partial charge in [-0.05, 0) is 0 Å². The summed E-state index contributed by atoms with van der Waals surface area (Å²) in [4.78, 5) is 3.67. The van der Waals surface area contributed by atoms with E-state index in [4.69, 9.17) is 5.21 Å². The smallest absolute Gasteiger partial charge is 0.230 e. The van der Waals surface area contributed by atoms with E-state index in [1.54, 1.807) is 7.05 Å². The monoisotopic (exact) mass is 158 g/mol. The lowest BCUT2D eigenvalue weighted by Gasteiger charge is -2.22. The molecular weight excluding hydrogens is 148 g/mol. The van der Waals surface area contributed by atoms with Crippen molar-refractivity contribution in [2.24, 2.45) is 4.99 Å². The molecule has 0 bridgehead atoms. The summed E-state index contributed by atoms with van der Waals surface area (Å²) in [5.41, 5.74) is 0. The van der Waals surface area contributed by atoms with E-state index in [2.05, 4.69) is 10.3 Å². The van der Waals surface area contributed by atoms with Crippen LogP contribution < -0.4 is 10.5 Å². The van der Waals surface area contributed by atoms with Gasteiger partial charge in [-0.25, -0.2) is 5.21 Å². The maximum atomic E-state index is 11.0. The molecule has 1 unspecified atom stereocenters. The van der Waals surface area contributed by atoms with E-state index in [-0.39, 0.29) is 5.84 Å². The van der Waals surface area contributed by atoms with Gasteiger partial charge in [-0.15, -0.1) is 0 Å². The minimum atomic E-state index is -0.479. The quantitative estimate of drug-likeness (QED) is 0.389. The average molecular weight is 158 g/mol. The second-order valence-corrected chi connectivity index (χ2v) is 2.01. The van der Waals surface area contributed by atoms with Crippen molar-refractivity contribution in [1.29, 1.82) is 0 Å². The topological polar surface area (TPSA) is 75.4 Å². The molecule has 0 fully saturated rings. The van der Waals surface area contributed by atoms with Crippen molar-refractivity contribution in [3.8, 4) is 0 Å². The number of aliphatic imine (C=N–C) groups is 1. The molecule has 0 aromatic rings. The standard InChI is InChI=1S/C5H10N4O2/c1-6-4-3-5(7-2)9(11)8(4)10/h3,6,8,11H,1-2H3. The first kappa shape index (κ1) is 7.99. The molecule has 62 valence electrons. The van der Waals surface area contributed by atoms with Gasteiger partial charge in [0.15, 0.2) is 0 Å². The molecule has 0 saturated heterocycles. The number of quaternary nitrogens is 1. The molecule has 1 rings (SSSR count). The predicted molar refractivity (Wildman–Crippen MR) is 38.5 cm³/mol. The Morgan fingerprint density at radius 3 is 2.73 bits per heavy atom. The SMILES string of the molecule is CN=C1C=C(NC)[NH+]([O-])N1O. The summed E-state index contributed by atoms with van der Waals surface area (Å²) in [6, 6.07) is 0. The van der Waals surface area contributed by atoms with Crippen molar-refractivity contribution in [1.82, 2.24) is 10.5 Å². The highest BCUT2D eigenvalue weighted by Crippen LogP contribution is 1.92. The van der Waals surface area contributed by atoms with Gasteiger partial charge in [0.05, 0.1) is 6.08 Å². The van der Waals surface area contributed by atoms with E-state index in [9.17, 15) is 5.21 Å². The number of nitrogens with zero attached hydrogens (tertiary/aromatic N) is 2. The molecule has 1 aliphatic heterocycles. The molecule has 11 heavy (non-hydrogen) atoms. The van der Waals surface area contributed by atoms with E-state index in [0.717, 1.165) is 0 Å². The Balaban J connectivity index is 2.85. The highest BCUT2D eigenvalue weighted by atomic mass is 16.7. The van der Waals surface area contributed by atoms with Gasteiger partial charge in [0.1, 0.15) is 0 Å². The Labute approximate surface area is 63.9 Å². The Bertz CT molecular complexity index is 213. The summed E-state index contributed by atoms with van der Waals surface area (Å²) < 4.78 is 0. The fraction of sp³-hybridized carbons (Fsp3) is 0.400. The van der Waals surface area contributed by atoms with E-state index in [1.807, 2.05) is 0 Å². The first-order chi connectivity index (χ1) is 5.20. The second kappa shape index (κ2) is 2.87. The summed E-state index contributed by atoms with van der Waals surface area (Å²) >= 11 is 0. The molecule has 6 heteroatoms. The van der Waals surface area contributed by atoms with Gasteiger partial charge < -0.3 is 10.5 Å². The van der Waals surface area contributed by atoms with Crippen molar-refractivity contribution in [3.63, 3.8) is 0 Å². The van der Waals surface area contributed by atoms with E-state index in [0.29, 0.717) is 11.0 Å². The number of hydroxylamine groups is 2. The Kier molecular flexibility index (Phi) is 2.08. The number of nitrogens with one attached hydrogen (secondary N) is 2. The lowest BCUT2D eigenvalue weighted by atomic mass is 10.5. The van der Waals surface area contributed by atoms with Gasteiger partial charge >= 0.3 is 0 Å². The van der Waals surface area contributed by atoms with E-state index < -0.39 is 5.17 Å². The molecule has 1 atom stereocenters. The summed E-state index contributed by atoms with van der Waals surface area (Å²) in [6.45, 7) is 0. The molecule has 0 aromatic heterocycles.